The SMILES string of the molecule is C=Cc1nc(-c2ccccc2O)sc1C=C. The van der Waals surface area contributed by atoms with Crippen LogP contribution in [0.2, 0.25) is 0 Å². The van der Waals surface area contributed by atoms with E-state index in [0.717, 1.165) is 21.1 Å². The fraction of sp³-hybridized carbons (Fsp3) is 0. The summed E-state index contributed by atoms with van der Waals surface area (Å²) in [6, 6.07) is 7.15. The van der Waals surface area contributed by atoms with Gasteiger partial charge in [0.15, 0.2) is 0 Å². The first-order valence-electron chi connectivity index (χ1n) is 4.80. The molecule has 1 N–H and O–H groups in total. The summed E-state index contributed by atoms with van der Waals surface area (Å²) < 4.78 is 0. The van der Waals surface area contributed by atoms with Crippen molar-refractivity contribution in [2.45, 2.75) is 0 Å². The number of phenolic OH excluding ortho intramolecular Hbond substituents is 1. The normalized spacial score (nSPS) is 10.0. The standard InChI is InChI=1S/C13H11NOS/c1-3-10-12(4-2)16-13(14-10)9-7-5-6-8-11(9)15/h3-8,15H,1-2H2. The number of hydrogen-bond acceptors (Lipinski definition) is 3. The number of benzene rings is 1. The Morgan fingerprint density at radius 3 is 2.50 bits per heavy atom. The first-order chi connectivity index (χ1) is 7.76. The first kappa shape index (κ1) is 10.6. The molecule has 0 aliphatic carbocycles. The van der Waals surface area contributed by atoms with Crippen LogP contribution in [-0.4, -0.2) is 10.1 Å². The minimum Gasteiger partial charge on any atom is -0.507 e. The third-order valence-corrected chi connectivity index (χ3v) is 3.29. The van der Waals surface area contributed by atoms with Crippen molar-refractivity contribution in [1.82, 2.24) is 4.98 Å². The van der Waals surface area contributed by atoms with Crippen molar-refractivity contribution < 1.29 is 5.11 Å². The van der Waals surface area contributed by atoms with E-state index in [2.05, 4.69) is 18.1 Å². The van der Waals surface area contributed by atoms with Gasteiger partial charge in [-0.25, -0.2) is 4.98 Å². The van der Waals surface area contributed by atoms with Crippen LogP contribution in [-0.2, 0) is 0 Å². The summed E-state index contributed by atoms with van der Waals surface area (Å²) in [7, 11) is 0. The van der Waals surface area contributed by atoms with Gasteiger partial charge in [-0.15, -0.1) is 11.3 Å². The Balaban J connectivity index is 2.57. The molecular formula is C13H11NOS. The number of hydrogen-bond donors (Lipinski definition) is 1. The summed E-state index contributed by atoms with van der Waals surface area (Å²) in [6.45, 7) is 7.43. The van der Waals surface area contributed by atoms with Gasteiger partial charge in [-0.2, -0.15) is 0 Å². The van der Waals surface area contributed by atoms with Gasteiger partial charge >= 0.3 is 0 Å². The van der Waals surface area contributed by atoms with Crippen molar-refractivity contribution >= 4 is 23.5 Å². The Bertz CT molecular complexity index is 517. The first-order valence-corrected chi connectivity index (χ1v) is 5.62. The molecule has 0 bridgehead atoms. The molecule has 1 heterocycles. The predicted molar refractivity (Wildman–Crippen MR) is 69.4 cm³/mol. The maximum atomic E-state index is 9.72. The van der Waals surface area contributed by atoms with E-state index in [1.807, 2.05) is 12.1 Å². The molecule has 0 unspecified atom stereocenters. The van der Waals surface area contributed by atoms with Crippen LogP contribution in [0.15, 0.2) is 37.4 Å². The van der Waals surface area contributed by atoms with Crippen molar-refractivity contribution in [3.05, 3.63) is 48.0 Å². The zero-order valence-electron chi connectivity index (χ0n) is 8.68. The Labute approximate surface area is 98.2 Å². The second-order valence-electron chi connectivity index (χ2n) is 3.19. The maximum absolute atomic E-state index is 9.72. The average molecular weight is 229 g/mol. The van der Waals surface area contributed by atoms with E-state index >= 15 is 0 Å². The Morgan fingerprint density at radius 2 is 1.94 bits per heavy atom. The van der Waals surface area contributed by atoms with Gasteiger partial charge < -0.3 is 5.11 Å². The Hall–Kier alpha value is -1.87. The molecule has 0 radical (unpaired) electrons. The van der Waals surface area contributed by atoms with Crippen molar-refractivity contribution in [2.24, 2.45) is 0 Å². The Morgan fingerprint density at radius 1 is 1.19 bits per heavy atom. The molecule has 0 spiro atoms. The van der Waals surface area contributed by atoms with E-state index in [1.165, 1.54) is 11.3 Å². The molecule has 1 aromatic heterocycles. The molecule has 0 amide bonds. The largest absolute Gasteiger partial charge is 0.507 e. The van der Waals surface area contributed by atoms with E-state index in [0.29, 0.717) is 0 Å². The van der Waals surface area contributed by atoms with Gasteiger partial charge in [0.25, 0.3) is 0 Å². The second-order valence-corrected chi connectivity index (χ2v) is 4.22. The minimum atomic E-state index is 0.238. The van der Waals surface area contributed by atoms with Crippen LogP contribution in [0, 0.1) is 0 Å². The number of aromatic hydroxyl groups is 1. The fourth-order valence-corrected chi connectivity index (χ4v) is 2.36. The zero-order valence-corrected chi connectivity index (χ0v) is 9.50. The lowest BCUT2D eigenvalue weighted by Crippen LogP contribution is -1.78. The smallest absolute Gasteiger partial charge is 0.128 e. The van der Waals surface area contributed by atoms with Crippen LogP contribution < -0.4 is 0 Å². The highest BCUT2D eigenvalue weighted by Gasteiger charge is 2.10. The molecule has 0 atom stereocenters. The quantitative estimate of drug-likeness (QED) is 0.868. The van der Waals surface area contributed by atoms with Gasteiger partial charge in [-0.1, -0.05) is 25.3 Å². The lowest BCUT2D eigenvalue weighted by atomic mass is 10.2. The molecule has 0 saturated carbocycles. The highest BCUT2D eigenvalue weighted by molar-refractivity contribution is 7.16. The van der Waals surface area contributed by atoms with Crippen LogP contribution in [0.25, 0.3) is 22.7 Å². The fourth-order valence-electron chi connectivity index (χ4n) is 1.41. The van der Waals surface area contributed by atoms with E-state index in [4.69, 9.17) is 0 Å². The van der Waals surface area contributed by atoms with Crippen LogP contribution in [0.1, 0.15) is 10.6 Å². The number of thiazole rings is 1. The second kappa shape index (κ2) is 4.33. The molecule has 16 heavy (non-hydrogen) atoms. The van der Waals surface area contributed by atoms with Gasteiger partial charge in [0, 0.05) is 0 Å². The maximum Gasteiger partial charge on any atom is 0.128 e. The van der Waals surface area contributed by atoms with Gasteiger partial charge in [-0.3, -0.25) is 0 Å². The van der Waals surface area contributed by atoms with E-state index in [9.17, 15) is 5.11 Å². The lowest BCUT2D eigenvalue weighted by molar-refractivity contribution is 0.477. The molecule has 1 aromatic carbocycles. The van der Waals surface area contributed by atoms with E-state index < -0.39 is 0 Å². The molecule has 2 aromatic rings. The molecule has 3 heteroatoms. The van der Waals surface area contributed by atoms with Crippen LogP contribution in [0.3, 0.4) is 0 Å². The predicted octanol–water partition coefficient (Wildman–Crippen LogP) is 3.80. The van der Waals surface area contributed by atoms with Crippen molar-refractivity contribution in [1.29, 1.82) is 0 Å². The number of para-hydroxylation sites is 1. The Kier molecular flexibility index (Phi) is 2.88. The third-order valence-electron chi connectivity index (χ3n) is 2.19. The topological polar surface area (TPSA) is 33.1 Å². The minimum absolute atomic E-state index is 0.238. The number of aromatic nitrogens is 1. The van der Waals surface area contributed by atoms with Crippen molar-refractivity contribution in [2.75, 3.05) is 0 Å². The highest BCUT2D eigenvalue weighted by atomic mass is 32.1. The molecule has 2 nitrogen and oxygen atoms in total. The monoisotopic (exact) mass is 229 g/mol. The molecule has 0 aliphatic rings. The lowest BCUT2D eigenvalue weighted by Gasteiger charge is -1.98. The van der Waals surface area contributed by atoms with Gasteiger partial charge in [0.05, 0.1) is 16.1 Å². The summed E-state index contributed by atoms with van der Waals surface area (Å²) in [5.74, 6) is 0.238. The summed E-state index contributed by atoms with van der Waals surface area (Å²) in [6.07, 6.45) is 3.44. The van der Waals surface area contributed by atoms with Crippen molar-refractivity contribution in [3.63, 3.8) is 0 Å². The van der Waals surface area contributed by atoms with E-state index in [-0.39, 0.29) is 5.75 Å². The summed E-state index contributed by atoms with van der Waals surface area (Å²) in [4.78, 5) is 5.37. The summed E-state index contributed by atoms with van der Waals surface area (Å²) >= 11 is 1.49. The van der Waals surface area contributed by atoms with Crippen LogP contribution in [0.5, 0.6) is 5.75 Å². The summed E-state index contributed by atoms with van der Waals surface area (Å²) in [5.41, 5.74) is 1.54. The van der Waals surface area contributed by atoms with Crippen molar-refractivity contribution in [3.8, 4) is 16.3 Å². The van der Waals surface area contributed by atoms with Gasteiger partial charge in [0.1, 0.15) is 10.8 Å². The summed E-state index contributed by atoms with van der Waals surface area (Å²) in [5, 5.41) is 10.5. The average Bonchev–Trinajstić information content (AvgIpc) is 2.72. The molecule has 0 saturated heterocycles. The van der Waals surface area contributed by atoms with Crippen LogP contribution in [0.4, 0.5) is 0 Å². The molecule has 0 fully saturated rings. The molecule has 2 rings (SSSR count). The number of phenols is 1. The molecular weight excluding hydrogens is 218 g/mol. The molecule has 80 valence electrons. The van der Waals surface area contributed by atoms with Gasteiger partial charge in [0.2, 0.25) is 0 Å². The number of nitrogens with zero attached hydrogens (tertiary/aromatic N) is 1. The third kappa shape index (κ3) is 1.77. The van der Waals surface area contributed by atoms with Crippen LogP contribution >= 0.6 is 11.3 Å². The molecule has 0 aliphatic heterocycles. The number of rotatable bonds is 3. The van der Waals surface area contributed by atoms with E-state index in [1.54, 1.807) is 24.3 Å². The van der Waals surface area contributed by atoms with Gasteiger partial charge in [-0.05, 0) is 24.3 Å². The zero-order chi connectivity index (χ0) is 11.5. The highest BCUT2D eigenvalue weighted by Crippen LogP contribution is 2.34.